The SMILES string of the molecule is C=CCC1[C@H](O[Si](C)(C)C(C)(C)C)CC(=O)C[C@H]1O[Si](C)(C)C(C)(C)C. The van der Waals surface area contributed by atoms with Gasteiger partial charge in [0.25, 0.3) is 0 Å². The molecule has 1 rings (SSSR count). The van der Waals surface area contributed by atoms with E-state index in [-0.39, 0.29) is 34.0 Å². The molecule has 0 aromatic carbocycles. The molecule has 0 amide bonds. The van der Waals surface area contributed by atoms with E-state index in [1.54, 1.807) is 0 Å². The van der Waals surface area contributed by atoms with Gasteiger partial charge in [-0.15, -0.1) is 6.58 Å². The summed E-state index contributed by atoms with van der Waals surface area (Å²) in [7, 11) is -3.90. The predicted molar refractivity (Wildman–Crippen MR) is 117 cm³/mol. The summed E-state index contributed by atoms with van der Waals surface area (Å²) in [5.74, 6) is 0.492. The number of allylic oxidation sites excluding steroid dienone is 1. The quantitative estimate of drug-likeness (QED) is 0.388. The number of Topliss-reactive ketones (excluding diaryl/α,β-unsaturated/α-hetero) is 1. The molecule has 0 heterocycles. The van der Waals surface area contributed by atoms with Crippen LogP contribution in [-0.2, 0) is 13.6 Å². The summed E-state index contributed by atoms with van der Waals surface area (Å²) >= 11 is 0. The lowest BCUT2D eigenvalue weighted by Crippen LogP contribution is -2.54. The van der Waals surface area contributed by atoms with Gasteiger partial charge in [-0.25, -0.2) is 0 Å². The normalized spacial score (nSPS) is 24.0. The Morgan fingerprint density at radius 3 is 1.54 bits per heavy atom. The van der Waals surface area contributed by atoms with Crippen molar-refractivity contribution in [3.8, 4) is 0 Å². The second kappa shape index (κ2) is 8.02. The van der Waals surface area contributed by atoms with Gasteiger partial charge in [-0.2, -0.15) is 0 Å². The topological polar surface area (TPSA) is 35.5 Å². The van der Waals surface area contributed by atoms with E-state index >= 15 is 0 Å². The van der Waals surface area contributed by atoms with Gasteiger partial charge < -0.3 is 8.85 Å². The highest BCUT2D eigenvalue weighted by Gasteiger charge is 2.47. The summed E-state index contributed by atoms with van der Waals surface area (Å²) in [5, 5.41) is 0.254. The Morgan fingerprint density at radius 2 is 1.27 bits per heavy atom. The van der Waals surface area contributed by atoms with E-state index < -0.39 is 16.6 Å². The minimum atomic E-state index is -1.95. The average molecular weight is 399 g/mol. The van der Waals surface area contributed by atoms with Crippen molar-refractivity contribution in [1.29, 1.82) is 0 Å². The van der Waals surface area contributed by atoms with E-state index in [0.29, 0.717) is 12.8 Å². The fourth-order valence-corrected chi connectivity index (χ4v) is 5.68. The number of hydrogen-bond acceptors (Lipinski definition) is 3. The summed E-state index contributed by atoms with van der Waals surface area (Å²) < 4.78 is 13.4. The van der Waals surface area contributed by atoms with Gasteiger partial charge in [0.1, 0.15) is 5.78 Å². The maximum atomic E-state index is 12.5. The minimum absolute atomic E-state index is 0.0510. The minimum Gasteiger partial charge on any atom is -0.413 e. The largest absolute Gasteiger partial charge is 0.413 e. The van der Waals surface area contributed by atoms with Crippen LogP contribution >= 0.6 is 0 Å². The second-order valence-corrected chi connectivity index (χ2v) is 20.5. The lowest BCUT2D eigenvalue weighted by Gasteiger charge is -2.47. The molecule has 0 N–H and O–H groups in total. The molecule has 1 fully saturated rings. The van der Waals surface area contributed by atoms with E-state index in [4.69, 9.17) is 8.85 Å². The zero-order chi connectivity index (χ0) is 20.6. The smallest absolute Gasteiger partial charge is 0.192 e. The highest BCUT2D eigenvalue weighted by molar-refractivity contribution is 6.74. The number of carbonyl (C=O) groups is 1. The number of ketones is 1. The van der Waals surface area contributed by atoms with Crippen molar-refractivity contribution in [2.24, 2.45) is 5.92 Å². The molecule has 1 saturated carbocycles. The van der Waals surface area contributed by atoms with Crippen LogP contribution < -0.4 is 0 Å². The van der Waals surface area contributed by atoms with Crippen LogP contribution in [0.25, 0.3) is 0 Å². The molecule has 3 nitrogen and oxygen atoms in total. The van der Waals surface area contributed by atoms with Crippen molar-refractivity contribution in [3.63, 3.8) is 0 Å². The first-order valence-corrected chi connectivity index (χ1v) is 15.8. The molecule has 5 heteroatoms. The summed E-state index contributed by atoms with van der Waals surface area (Å²) in [4.78, 5) is 12.5. The van der Waals surface area contributed by atoms with Crippen LogP contribution in [0, 0.1) is 5.92 Å². The predicted octanol–water partition coefficient (Wildman–Crippen LogP) is 6.32. The first-order valence-electron chi connectivity index (χ1n) is 10.00. The molecule has 0 saturated heterocycles. The highest BCUT2D eigenvalue weighted by atomic mass is 28.4. The van der Waals surface area contributed by atoms with E-state index in [2.05, 4.69) is 74.3 Å². The standard InChI is InChI=1S/C21H42O3Si2/c1-12-13-17-18(23-25(8,9)20(2,3)4)14-16(22)15-19(17)24-26(10,11)21(5,6)7/h12,17-19H,1,13-15H2,2-11H3/t18-,19-/m1/s1. The molecular weight excluding hydrogens is 356 g/mol. The molecule has 0 aliphatic heterocycles. The Labute approximate surface area is 164 Å². The number of hydrogen-bond donors (Lipinski definition) is 0. The molecule has 0 spiro atoms. The summed E-state index contributed by atoms with van der Waals surface area (Å²) in [6.07, 6.45) is 3.73. The van der Waals surface area contributed by atoms with Crippen molar-refractivity contribution < 1.29 is 13.6 Å². The van der Waals surface area contributed by atoms with Gasteiger partial charge >= 0.3 is 0 Å². The van der Waals surface area contributed by atoms with E-state index in [0.717, 1.165) is 6.42 Å². The Hall–Kier alpha value is -0.236. The molecule has 1 aliphatic carbocycles. The number of rotatable bonds is 6. The second-order valence-electron chi connectivity index (χ2n) is 11.0. The summed E-state index contributed by atoms with van der Waals surface area (Å²) in [6, 6.07) is 0. The summed E-state index contributed by atoms with van der Waals surface area (Å²) in [5.41, 5.74) is 0. The van der Waals surface area contributed by atoms with Crippen LogP contribution in [0.15, 0.2) is 12.7 Å². The Bertz CT molecular complexity index is 472. The van der Waals surface area contributed by atoms with Gasteiger partial charge in [-0.05, 0) is 42.7 Å². The van der Waals surface area contributed by atoms with E-state index in [9.17, 15) is 4.79 Å². The van der Waals surface area contributed by atoms with Gasteiger partial charge in [0, 0.05) is 18.8 Å². The average Bonchev–Trinajstić information content (AvgIpc) is 2.39. The fourth-order valence-electron chi connectivity index (χ4n) is 2.94. The molecule has 152 valence electrons. The van der Waals surface area contributed by atoms with Crippen LogP contribution in [-0.4, -0.2) is 34.6 Å². The number of carbonyl (C=O) groups excluding carboxylic acids is 1. The van der Waals surface area contributed by atoms with Crippen LogP contribution in [0.1, 0.15) is 60.8 Å². The molecule has 0 unspecified atom stereocenters. The van der Waals surface area contributed by atoms with Gasteiger partial charge in [0.2, 0.25) is 0 Å². The third kappa shape index (κ3) is 5.63. The van der Waals surface area contributed by atoms with Crippen molar-refractivity contribution in [1.82, 2.24) is 0 Å². The third-order valence-corrected chi connectivity index (χ3v) is 15.8. The fraction of sp³-hybridized carbons (Fsp3) is 0.857. The van der Waals surface area contributed by atoms with Crippen LogP contribution in [0.5, 0.6) is 0 Å². The van der Waals surface area contributed by atoms with Crippen LogP contribution in [0.3, 0.4) is 0 Å². The van der Waals surface area contributed by atoms with E-state index in [1.165, 1.54) is 0 Å². The zero-order valence-corrected chi connectivity index (χ0v) is 20.9. The van der Waals surface area contributed by atoms with Gasteiger partial charge in [-0.1, -0.05) is 47.6 Å². The Morgan fingerprint density at radius 1 is 0.923 bits per heavy atom. The van der Waals surface area contributed by atoms with Crippen molar-refractivity contribution >= 4 is 22.4 Å². The first kappa shape index (κ1) is 23.8. The third-order valence-electron chi connectivity index (χ3n) is 6.76. The Balaban J connectivity index is 3.12. The molecule has 2 atom stereocenters. The van der Waals surface area contributed by atoms with Gasteiger partial charge in [0.05, 0.1) is 12.2 Å². The monoisotopic (exact) mass is 398 g/mol. The molecular formula is C21H42O3Si2. The van der Waals surface area contributed by atoms with Crippen molar-refractivity contribution in [2.75, 3.05) is 0 Å². The highest BCUT2D eigenvalue weighted by Crippen LogP contribution is 2.43. The van der Waals surface area contributed by atoms with Crippen molar-refractivity contribution in [2.45, 2.75) is 109 Å². The molecule has 1 aliphatic rings. The van der Waals surface area contributed by atoms with Crippen LogP contribution in [0.2, 0.25) is 36.3 Å². The Kier molecular flexibility index (Phi) is 7.34. The van der Waals surface area contributed by atoms with Gasteiger partial charge in [-0.3, -0.25) is 4.79 Å². The molecule has 0 bridgehead atoms. The molecule has 0 aromatic rings. The molecule has 26 heavy (non-hydrogen) atoms. The lowest BCUT2D eigenvalue weighted by molar-refractivity contribution is -0.129. The lowest BCUT2D eigenvalue weighted by atomic mass is 9.81. The van der Waals surface area contributed by atoms with Gasteiger partial charge in [0.15, 0.2) is 16.6 Å². The molecule has 0 aromatic heterocycles. The maximum absolute atomic E-state index is 12.5. The van der Waals surface area contributed by atoms with E-state index in [1.807, 2.05) is 6.08 Å². The van der Waals surface area contributed by atoms with Crippen molar-refractivity contribution in [3.05, 3.63) is 12.7 Å². The molecule has 0 radical (unpaired) electrons. The zero-order valence-electron chi connectivity index (χ0n) is 18.9. The summed E-state index contributed by atoms with van der Waals surface area (Å²) in [6.45, 7) is 26.5. The first-order chi connectivity index (χ1) is 11.5. The van der Waals surface area contributed by atoms with Crippen LogP contribution in [0.4, 0.5) is 0 Å². The maximum Gasteiger partial charge on any atom is 0.192 e.